The minimum absolute atomic E-state index is 0.577. The second kappa shape index (κ2) is 4.78. The van der Waals surface area contributed by atoms with Gasteiger partial charge < -0.3 is 0 Å². The van der Waals surface area contributed by atoms with Gasteiger partial charge in [-0.3, -0.25) is 0 Å². The third kappa shape index (κ3) is 2.83. The van der Waals surface area contributed by atoms with Crippen molar-refractivity contribution in [3.8, 4) is 0 Å². The third-order valence-electron chi connectivity index (χ3n) is 1.31. The van der Waals surface area contributed by atoms with Crippen molar-refractivity contribution < 1.29 is 0 Å². The predicted molar refractivity (Wildman–Crippen MR) is 59.2 cm³/mol. The lowest BCUT2D eigenvalue weighted by Gasteiger charge is -1.96. The number of alkyl halides is 1. The lowest BCUT2D eigenvalue weighted by molar-refractivity contribution is 1.64. The van der Waals surface area contributed by atoms with Crippen LogP contribution in [0.3, 0.4) is 0 Å². The predicted octanol–water partition coefficient (Wildman–Crippen LogP) is 3.70. The van der Waals surface area contributed by atoms with Gasteiger partial charge in [-0.25, -0.2) is 0 Å². The highest BCUT2D eigenvalue weighted by Crippen LogP contribution is 2.20. The number of allylic oxidation sites excluding steroid dienone is 1. The van der Waals surface area contributed by atoms with E-state index < -0.39 is 0 Å². The largest absolute Gasteiger partial charge is 0.122 e. The average molecular weight is 279 g/mol. The van der Waals surface area contributed by atoms with Crippen LogP contribution >= 0.6 is 34.2 Å². The molecule has 0 aliphatic rings. The zero-order valence-electron chi connectivity index (χ0n) is 5.93. The first kappa shape index (κ1) is 9.07. The summed E-state index contributed by atoms with van der Waals surface area (Å²) in [4.78, 5) is 0. The standard InChI is InChI=1S/C9H8ClI/c10-7-6-9(11)8-4-2-1-3-5-8/h1-6H,7H2/b9-6+. The van der Waals surface area contributed by atoms with E-state index in [0.29, 0.717) is 5.88 Å². The third-order valence-corrected chi connectivity index (χ3v) is 2.52. The number of hydrogen-bond acceptors (Lipinski definition) is 0. The summed E-state index contributed by atoms with van der Waals surface area (Å²) in [5, 5.41) is 0. The Morgan fingerprint density at radius 2 is 2.00 bits per heavy atom. The number of rotatable bonds is 2. The van der Waals surface area contributed by atoms with E-state index in [1.165, 1.54) is 9.14 Å². The van der Waals surface area contributed by atoms with Crippen LogP contribution in [0.2, 0.25) is 0 Å². The summed E-state index contributed by atoms with van der Waals surface area (Å²) in [6, 6.07) is 10.2. The molecule has 0 aliphatic heterocycles. The molecule has 1 aromatic carbocycles. The van der Waals surface area contributed by atoms with Gasteiger partial charge in [0.15, 0.2) is 0 Å². The molecule has 0 saturated carbocycles. The topological polar surface area (TPSA) is 0 Å². The fourth-order valence-corrected chi connectivity index (χ4v) is 1.78. The van der Waals surface area contributed by atoms with Crippen molar-refractivity contribution in [2.45, 2.75) is 0 Å². The fourth-order valence-electron chi connectivity index (χ4n) is 0.783. The van der Waals surface area contributed by atoms with E-state index in [0.717, 1.165) is 0 Å². The highest BCUT2D eigenvalue weighted by molar-refractivity contribution is 14.1. The maximum absolute atomic E-state index is 5.57. The molecule has 2 heteroatoms. The summed E-state index contributed by atoms with van der Waals surface area (Å²) in [5.74, 6) is 0.577. The van der Waals surface area contributed by atoms with Gasteiger partial charge in [-0.15, -0.1) is 11.6 Å². The fraction of sp³-hybridized carbons (Fsp3) is 0.111. The summed E-state index contributed by atoms with van der Waals surface area (Å²) < 4.78 is 1.21. The van der Waals surface area contributed by atoms with Gasteiger partial charge in [0, 0.05) is 9.46 Å². The zero-order chi connectivity index (χ0) is 8.10. The van der Waals surface area contributed by atoms with Gasteiger partial charge in [-0.05, 0) is 28.2 Å². The van der Waals surface area contributed by atoms with Crippen molar-refractivity contribution in [1.29, 1.82) is 0 Å². The number of halogens is 2. The molecule has 0 radical (unpaired) electrons. The molecule has 0 saturated heterocycles. The molecule has 0 amide bonds. The van der Waals surface area contributed by atoms with Crippen LogP contribution in [0.1, 0.15) is 5.56 Å². The Labute approximate surface area is 85.4 Å². The van der Waals surface area contributed by atoms with E-state index in [9.17, 15) is 0 Å². The molecule has 0 unspecified atom stereocenters. The normalized spacial score (nSPS) is 11.6. The van der Waals surface area contributed by atoms with Gasteiger partial charge in [0.05, 0.1) is 0 Å². The molecule has 1 rings (SSSR count). The first-order valence-corrected chi connectivity index (χ1v) is 4.93. The van der Waals surface area contributed by atoms with Crippen LogP contribution in [0.15, 0.2) is 36.4 Å². The van der Waals surface area contributed by atoms with Crippen molar-refractivity contribution in [2.75, 3.05) is 5.88 Å². The molecule has 0 heterocycles. The second-order valence-electron chi connectivity index (χ2n) is 2.07. The Morgan fingerprint density at radius 1 is 1.36 bits per heavy atom. The van der Waals surface area contributed by atoms with Crippen molar-refractivity contribution >= 4 is 37.8 Å². The minimum Gasteiger partial charge on any atom is -0.122 e. The molecule has 0 spiro atoms. The molecule has 1 aromatic rings. The summed E-state index contributed by atoms with van der Waals surface area (Å²) in [6.45, 7) is 0. The smallest absolute Gasteiger partial charge is 0.0417 e. The molecule has 0 aromatic heterocycles. The Morgan fingerprint density at radius 3 is 2.55 bits per heavy atom. The molecular weight excluding hydrogens is 270 g/mol. The molecular formula is C9H8ClI. The van der Waals surface area contributed by atoms with Crippen molar-refractivity contribution in [2.24, 2.45) is 0 Å². The van der Waals surface area contributed by atoms with Crippen LogP contribution in [0, 0.1) is 0 Å². The zero-order valence-corrected chi connectivity index (χ0v) is 8.84. The lowest BCUT2D eigenvalue weighted by atomic mass is 10.2. The van der Waals surface area contributed by atoms with E-state index in [1.807, 2.05) is 24.3 Å². The minimum atomic E-state index is 0.577. The molecule has 0 fully saturated rings. The number of benzene rings is 1. The lowest BCUT2D eigenvalue weighted by Crippen LogP contribution is -1.74. The van der Waals surface area contributed by atoms with E-state index in [4.69, 9.17) is 11.6 Å². The van der Waals surface area contributed by atoms with E-state index in [2.05, 4.69) is 34.7 Å². The van der Waals surface area contributed by atoms with Gasteiger partial charge >= 0.3 is 0 Å². The molecule has 11 heavy (non-hydrogen) atoms. The monoisotopic (exact) mass is 278 g/mol. The van der Waals surface area contributed by atoms with E-state index >= 15 is 0 Å². The highest BCUT2D eigenvalue weighted by atomic mass is 127. The Balaban J connectivity index is 2.85. The van der Waals surface area contributed by atoms with Crippen molar-refractivity contribution in [1.82, 2.24) is 0 Å². The summed E-state index contributed by atoms with van der Waals surface area (Å²) in [6.07, 6.45) is 2.00. The van der Waals surface area contributed by atoms with Crippen LogP contribution < -0.4 is 0 Å². The first-order chi connectivity index (χ1) is 5.34. The SMILES string of the molecule is ClC/C=C(/I)c1ccccc1. The van der Waals surface area contributed by atoms with E-state index in [1.54, 1.807) is 0 Å². The van der Waals surface area contributed by atoms with E-state index in [-0.39, 0.29) is 0 Å². The van der Waals surface area contributed by atoms with Crippen LogP contribution in [-0.2, 0) is 0 Å². The second-order valence-corrected chi connectivity index (χ2v) is 3.54. The quantitative estimate of drug-likeness (QED) is 0.571. The van der Waals surface area contributed by atoms with Gasteiger partial charge in [-0.1, -0.05) is 36.4 Å². The van der Waals surface area contributed by atoms with Crippen molar-refractivity contribution in [3.63, 3.8) is 0 Å². The summed E-state index contributed by atoms with van der Waals surface area (Å²) in [7, 11) is 0. The Hall–Kier alpha value is -0.0200. The molecule has 0 nitrogen and oxygen atoms in total. The van der Waals surface area contributed by atoms with Crippen LogP contribution in [0.4, 0.5) is 0 Å². The van der Waals surface area contributed by atoms with Crippen molar-refractivity contribution in [3.05, 3.63) is 42.0 Å². The summed E-state index contributed by atoms with van der Waals surface area (Å²) in [5.41, 5.74) is 1.23. The maximum atomic E-state index is 5.57. The highest BCUT2D eigenvalue weighted by Gasteiger charge is 1.92. The summed E-state index contributed by atoms with van der Waals surface area (Å²) >= 11 is 7.85. The average Bonchev–Trinajstić information content (AvgIpc) is 2.07. The molecule has 0 aliphatic carbocycles. The van der Waals surface area contributed by atoms with Gasteiger partial charge in [0.2, 0.25) is 0 Å². The van der Waals surface area contributed by atoms with Gasteiger partial charge in [0.25, 0.3) is 0 Å². The molecule has 0 bridgehead atoms. The Bertz CT molecular complexity index is 241. The number of hydrogen-bond donors (Lipinski definition) is 0. The molecule has 0 N–H and O–H groups in total. The van der Waals surface area contributed by atoms with Crippen LogP contribution in [0.5, 0.6) is 0 Å². The molecule has 0 atom stereocenters. The maximum Gasteiger partial charge on any atom is 0.0417 e. The molecule has 58 valence electrons. The van der Waals surface area contributed by atoms with Gasteiger partial charge in [0.1, 0.15) is 0 Å². The van der Waals surface area contributed by atoms with Crippen LogP contribution in [0.25, 0.3) is 3.58 Å². The Kier molecular flexibility index (Phi) is 3.94. The first-order valence-electron chi connectivity index (χ1n) is 3.31. The van der Waals surface area contributed by atoms with Crippen LogP contribution in [-0.4, -0.2) is 5.88 Å². The van der Waals surface area contributed by atoms with Gasteiger partial charge in [-0.2, -0.15) is 0 Å².